The summed E-state index contributed by atoms with van der Waals surface area (Å²) >= 11 is 0. The van der Waals surface area contributed by atoms with Gasteiger partial charge in [0.1, 0.15) is 11.6 Å². The predicted octanol–water partition coefficient (Wildman–Crippen LogP) is 3.73. The zero-order chi connectivity index (χ0) is 19.1. The molecule has 0 heterocycles. The molecule has 0 unspecified atom stereocenters. The maximum atomic E-state index is 13.7. The number of carbonyl (C=O) groups excluding carboxylic acids is 2. The first-order chi connectivity index (χ1) is 12.4. The molecular weight excluding hydrogens is 349 g/mol. The Morgan fingerprint density at radius 1 is 1.12 bits per heavy atom. The lowest BCUT2D eigenvalue weighted by molar-refractivity contribution is -0.115. The predicted molar refractivity (Wildman–Crippen MR) is 90.6 cm³/mol. The van der Waals surface area contributed by atoms with E-state index in [1.54, 1.807) is 0 Å². The second-order valence-corrected chi connectivity index (χ2v) is 5.14. The summed E-state index contributed by atoms with van der Waals surface area (Å²) in [4.78, 5) is 23.3. The molecule has 2 amide bonds. The van der Waals surface area contributed by atoms with Crippen molar-refractivity contribution in [1.29, 1.82) is 0 Å². The van der Waals surface area contributed by atoms with Crippen LogP contribution < -0.4 is 15.4 Å². The molecule has 0 bridgehead atoms. The highest BCUT2D eigenvalue weighted by atomic mass is 19.3. The van der Waals surface area contributed by atoms with E-state index in [0.29, 0.717) is 5.56 Å². The number of carbonyl (C=O) groups is 2. The molecule has 8 heteroatoms. The van der Waals surface area contributed by atoms with Crippen LogP contribution in [0.2, 0.25) is 0 Å². The Morgan fingerprint density at radius 3 is 2.42 bits per heavy atom. The molecule has 2 N–H and O–H groups in total. The number of hydrogen-bond donors (Lipinski definition) is 2. The van der Waals surface area contributed by atoms with Gasteiger partial charge in [0, 0.05) is 5.69 Å². The average Bonchev–Trinajstić information content (AvgIpc) is 2.59. The minimum Gasteiger partial charge on any atom is -0.435 e. The lowest BCUT2D eigenvalue weighted by Gasteiger charge is -2.09. The Kier molecular flexibility index (Phi) is 6.37. The molecule has 0 atom stereocenters. The molecule has 0 radical (unpaired) electrons. The van der Waals surface area contributed by atoms with Gasteiger partial charge in [-0.25, -0.2) is 4.39 Å². The van der Waals surface area contributed by atoms with Gasteiger partial charge >= 0.3 is 6.61 Å². The Hall–Kier alpha value is -3.29. The third-order valence-electron chi connectivity index (χ3n) is 3.21. The first-order valence-electron chi connectivity index (χ1n) is 7.44. The second kappa shape index (κ2) is 8.70. The summed E-state index contributed by atoms with van der Waals surface area (Å²) in [5.74, 6) is -1.66. The van der Waals surface area contributed by atoms with E-state index in [1.165, 1.54) is 36.4 Å². The van der Waals surface area contributed by atoms with Crippen molar-refractivity contribution in [3.8, 4) is 5.75 Å². The van der Waals surface area contributed by atoms with Crippen molar-refractivity contribution < 1.29 is 27.5 Å². The zero-order valence-electron chi connectivity index (χ0n) is 13.5. The van der Waals surface area contributed by atoms with Crippen LogP contribution in [0.4, 0.5) is 24.5 Å². The fourth-order valence-electron chi connectivity index (χ4n) is 2.06. The Balaban J connectivity index is 2.00. The summed E-state index contributed by atoms with van der Waals surface area (Å²) in [5.41, 5.74) is 0.765. The van der Waals surface area contributed by atoms with Gasteiger partial charge < -0.3 is 15.4 Å². The van der Waals surface area contributed by atoms with Gasteiger partial charge in [0.15, 0.2) is 0 Å². The van der Waals surface area contributed by atoms with Gasteiger partial charge in [-0.3, -0.25) is 9.59 Å². The number of hydrogen-bond acceptors (Lipinski definition) is 3. The van der Waals surface area contributed by atoms with Gasteiger partial charge in [0.2, 0.25) is 11.8 Å². The van der Waals surface area contributed by atoms with Crippen LogP contribution in [-0.2, 0) is 16.0 Å². The van der Waals surface area contributed by atoms with Gasteiger partial charge in [0.05, 0.1) is 12.1 Å². The molecule has 0 aromatic heterocycles. The maximum Gasteiger partial charge on any atom is 0.387 e. The van der Waals surface area contributed by atoms with Gasteiger partial charge in [-0.05, 0) is 42.0 Å². The zero-order valence-corrected chi connectivity index (χ0v) is 13.5. The monoisotopic (exact) mass is 364 g/mol. The van der Waals surface area contributed by atoms with Crippen LogP contribution in [0, 0.1) is 5.82 Å². The molecule has 0 aliphatic heterocycles. The van der Waals surface area contributed by atoms with Crippen LogP contribution in [-0.4, -0.2) is 18.4 Å². The van der Waals surface area contributed by atoms with Crippen molar-refractivity contribution in [2.45, 2.75) is 13.0 Å². The highest BCUT2D eigenvalue weighted by molar-refractivity contribution is 6.00. The number of ether oxygens (including phenoxy) is 1. The minimum absolute atomic E-state index is 0.00899. The fraction of sp³-hybridized carbons (Fsp3) is 0.111. The standard InChI is InChI=1S/C18H15F3N2O3/c1-2-16(24)23-15-10-12(5-8-14(15)19)22-17(25)9-11-3-6-13(7-4-11)26-18(20)21/h2-8,10,18H,1,9H2,(H,22,25)(H,23,24). The quantitative estimate of drug-likeness (QED) is 0.736. The number of halogens is 3. The molecule has 0 aliphatic carbocycles. The number of amides is 2. The molecule has 136 valence electrons. The SMILES string of the molecule is C=CC(=O)Nc1cc(NC(=O)Cc2ccc(OC(F)F)cc2)ccc1F. The normalized spacial score (nSPS) is 10.3. The van der Waals surface area contributed by atoms with Gasteiger partial charge in [-0.1, -0.05) is 18.7 Å². The van der Waals surface area contributed by atoms with Crippen molar-refractivity contribution in [1.82, 2.24) is 0 Å². The second-order valence-electron chi connectivity index (χ2n) is 5.14. The third-order valence-corrected chi connectivity index (χ3v) is 3.21. The van der Waals surface area contributed by atoms with E-state index >= 15 is 0 Å². The van der Waals surface area contributed by atoms with Gasteiger partial charge in [-0.2, -0.15) is 8.78 Å². The van der Waals surface area contributed by atoms with Crippen LogP contribution in [0.1, 0.15) is 5.56 Å². The number of alkyl halides is 2. The fourth-order valence-corrected chi connectivity index (χ4v) is 2.06. The van der Waals surface area contributed by atoms with E-state index in [1.807, 2.05) is 0 Å². The number of rotatable bonds is 7. The molecule has 2 rings (SSSR count). The van der Waals surface area contributed by atoms with Crippen LogP contribution in [0.3, 0.4) is 0 Å². The minimum atomic E-state index is -2.92. The van der Waals surface area contributed by atoms with Gasteiger partial charge in [0.25, 0.3) is 0 Å². The van der Waals surface area contributed by atoms with Crippen molar-refractivity contribution in [2.24, 2.45) is 0 Å². The van der Waals surface area contributed by atoms with E-state index in [2.05, 4.69) is 21.9 Å². The van der Waals surface area contributed by atoms with E-state index in [0.717, 1.165) is 12.1 Å². The van der Waals surface area contributed by atoms with Crippen LogP contribution in [0.5, 0.6) is 5.75 Å². The summed E-state index contributed by atoms with van der Waals surface area (Å²) in [6.45, 7) is 0.353. The van der Waals surface area contributed by atoms with Crippen LogP contribution >= 0.6 is 0 Å². The summed E-state index contributed by atoms with van der Waals surface area (Å²) in [7, 11) is 0. The van der Waals surface area contributed by atoms with Crippen LogP contribution in [0.25, 0.3) is 0 Å². The van der Waals surface area contributed by atoms with E-state index in [9.17, 15) is 22.8 Å². The van der Waals surface area contributed by atoms with E-state index in [-0.39, 0.29) is 23.5 Å². The molecule has 2 aromatic carbocycles. The molecular formula is C18H15F3N2O3. The highest BCUT2D eigenvalue weighted by Gasteiger charge is 2.10. The Bertz CT molecular complexity index is 808. The van der Waals surface area contributed by atoms with Gasteiger partial charge in [-0.15, -0.1) is 0 Å². The van der Waals surface area contributed by atoms with Crippen molar-refractivity contribution >= 4 is 23.2 Å². The van der Waals surface area contributed by atoms with Crippen molar-refractivity contribution in [2.75, 3.05) is 10.6 Å². The lowest BCUT2D eigenvalue weighted by Crippen LogP contribution is -2.15. The first-order valence-corrected chi connectivity index (χ1v) is 7.44. The first kappa shape index (κ1) is 19.0. The van der Waals surface area contributed by atoms with E-state index < -0.39 is 24.2 Å². The molecule has 0 fully saturated rings. The molecule has 2 aromatic rings. The summed E-state index contributed by atoms with van der Waals surface area (Å²) in [6, 6.07) is 9.34. The smallest absolute Gasteiger partial charge is 0.387 e. The summed E-state index contributed by atoms with van der Waals surface area (Å²) < 4.78 is 42.1. The van der Waals surface area contributed by atoms with Crippen LogP contribution in [0.15, 0.2) is 55.1 Å². The molecule has 26 heavy (non-hydrogen) atoms. The van der Waals surface area contributed by atoms with Crippen molar-refractivity contribution in [3.05, 3.63) is 66.5 Å². The topological polar surface area (TPSA) is 67.4 Å². The Morgan fingerprint density at radius 2 is 1.81 bits per heavy atom. The molecule has 0 spiro atoms. The number of benzene rings is 2. The average molecular weight is 364 g/mol. The largest absolute Gasteiger partial charge is 0.435 e. The molecule has 0 aliphatic rings. The number of anilines is 2. The molecule has 0 saturated heterocycles. The lowest BCUT2D eigenvalue weighted by atomic mass is 10.1. The third kappa shape index (κ3) is 5.66. The van der Waals surface area contributed by atoms with Crippen molar-refractivity contribution in [3.63, 3.8) is 0 Å². The van der Waals surface area contributed by atoms with E-state index in [4.69, 9.17) is 0 Å². The molecule has 0 saturated carbocycles. The number of nitrogens with one attached hydrogen (secondary N) is 2. The summed E-state index contributed by atoms with van der Waals surface area (Å²) in [5, 5.41) is 4.85. The highest BCUT2D eigenvalue weighted by Crippen LogP contribution is 2.20. The maximum absolute atomic E-state index is 13.7. The molecule has 5 nitrogen and oxygen atoms in total. The Labute approximate surface area is 147 Å². The summed E-state index contributed by atoms with van der Waals surface area (Å²) in [6.07, 6.45) is 0.965.